The average molecular weight is 364 g/mol. The van der Waals surface area contributed by atoms with Crippen molar-refractivity contribution < 1.29 is 4.79 Å². The van der Waals surface area contributed by atoms with Crippen LogP contribution in [0.15, 0.2) is 22.9 Å². The number of nitrogens with zero attached hydrogens (tertiary/aromatic N) is 2. The molecule has 0 saturated carbocycles. The number of amides is 1. The Morgan fingerprint density at radius 2 is 2.42 bits per heavy atom. The fourth-order valence-electron chi connectivity index (χ4n) is 1.44. The largest absolute Gasteiger partial charge is 0.378 e. The number of rotatable bonds is 5. The van der Waals surface area contributed by atoms with Gasteiger partial charge in [0.25, 0.3) is 0 Å². The van der Waals surface area contributed by atoms with Crippen LogP contribution in [0.3, 0.4) is 0 Å². The molecule has 0 aliphatic heterocycles. The lowest BCUT2D eigenvalue weighted by Gasteiger charge is -2.01. The van der Waals surface area contributed by atoms with Gasteiger partial charge in [0.2, 0.25) is 5.91 Å². The van der Waals surface area contributed by atoms with Gasteiger partial charge in [0.1, 0.15) is 10.9 Å². The Morgan fingerprint density at radius 1 is 1.63 bits per heavy atom. The van der Waals surface area contributed by atoms with Crippen LogP contribution >= 0.6 is 38.9 Å². The van der Waals surface area contributed by atoms with Gasteiger partial charge in [-0.1, -0.05) is 11.6 Å². The lowest BCUT2D eigenvalue weighted by Crippen LogP contribution is -2.23. The van der Waals surface area contributed by atoms with Gasteiger partial charge in [0.15, 0.2) is 0 Å². The molecule has 2 aromatic heterocycles. The van der Waals surface area contributed by atoms with E-state index in [0.29, 0.717) is 6.54 Å². The van der Waals surface area contributed by atoms with Gasteiger partial charge in [-0.25, -0.2) is 0 Å². The third-order valence-electron chi connectivity index (χ3n) is 2.38. The maximum atomic E-state index is 11.2. The topological polar surface area (TPSA) is 59.0 Å². The SMILES string of the molecule is CNC(=O)Cn1cc(NCc2cc(Br)c(Cl)s2)cn1. The highest BCUT2D eigenvalue weighted by atomic mass is 79.9. The number of hydrogen-bond acceptors (Lipinski definition) is 4. The van der Waals surface area contributed by atoms with E-state index in [2.05, 4.69) is 31.7 Å². The van der Waals surface area contributed by atoms with Gasteiger partial charge >= 0.3 is 0 Å². The number of hydrogen-bond donors (Lipinski definition) is 2. The van der Waals surface area contributed by atoms with Crippen LogP contribution in [0.25, 0.3) is 0 Å². The van der Waals surface area contributed by atoms with Crippen LogP contribution in [-0.4, -0.2) is 22.7 Å². The van der Waals surface area contributed by atoms with Gasteiger partial charge in [0, 0.05) is 29.1 Å². The smallest absolute Gasteiger partial charge is 0.241 e. The molecule has 0 fully saturated rings. The Balaban J connectivity index is 1.91. The van der Waals surface area contributed by atoms with Crippen LogP contribution in [0, 0.1) is 0 Å². The molecule has 0 atom stereocenters. The van der Waals surface area contributed by atoms with Crippen LogP contribution in [0.4, 0.5) is 5.69 Å². The standard InChI is InChI=1S/C11H12BrClN4OS/c1-14-10(18)6-17-5-7(3-16-17)15-4-8-2-9(12)11(13)19-8/h2-3,5,15H,4,6H2,1H3,(H,14,18). The molecule has 0 saturated heterocycles. The third-order valence-corrected chi connectivity index (χ3v) is 4.86. The lowest BCUT2D eigenvalue weighted by atomic mass is 10.4. The maximum absolute atomic E-state index is 11.2. The van der Waals surface area contributed by atoms with Crippen molar-refractivity contribution in [3.05, 3.63) is 32.1 Å². The Morgan fingerprint density at radius 3 is 3.05 bits per heavy atom. The molecule has 1 amide bonds. The molecule has 2 N–H and O–H groups in total. The van der Waals surface area contributed by atoms with Crippen molar-refractivity contribution in [2.45, 2.75) is 13.1 Å². The average Bonchev–Trinajstić information content (AvgIpc) is 2.95. The number of aromatic nitrogens is 2. The molecule has 0 bridgehead atoms. The van der Waals surface area contributed by atoms with E-state index >= 15 is 0 Å². The first-order valence-corrected chi connectivity index (χ1v) is 7.48. The quantitative estimate of drug-likeness (QED) is 0.859. The first-order chi connectivity index (χ1) is 9.08. The number of thiophene rings is 1. The summed E-state index contributed by atoms with van der Waals surface area (Å²) in [7, 11) is 1.60. The van der Waals surface area contributed by atoms with E-state index in [1.54, 1.807) is 24.1 Å². The van der Waals surface area contributed by atoms with E-state index in [-0.39, 0.29) is 12.5 Å². The van der Waals surface area contributed by atoms with E-state index in [9.17, 15) is 4.79 Å². The molecule has 8 heteroatoms. The van der Waals surface area contributed by atoms with Gasteiger partial charge in [-0.2, -0.15) is 5.10 Å². The summed E-state index contributed by atoms with van der Waals surface area (Å²) in [6.45, 7) is 0.885. The molecule has 0 aliphatic carbocycles. The van der Waals surface area contributed by atoms with Crippen molar-refractivity contribution in [1.29, 1.82) is 0 Å². The van der Waals surface area contributed by atoms with Crippen LogP contribution in [-0.2, 0) is 17.9 Å². The lowest BCUT2D eigenvalue weighted by molar-refractivity contribution is -0.121. The number of carbonyl (C=O) groups excluding carboxylic acids is 1. The predicted octanol–water partition coefficient (Wildman–Crippen LogP) is 2.72. The zero-order valence-electron chi connectivity index (χ0n) is 10.1. The van der Waals surface area contributed by atoms with E-state index in [4.69, 9.17) is 11.6 Å². The van der Waals surface area contributed by atoms with Crippen LogP contribution < -0.4 is 10.6 Å². The molecule has 0 spiro atoms. The Labute approximate surface area is 128 Å². The Bertz CT molecular complexity index is 564. The normalized spacial score (nSPS) is 10.5. The summed E-state index contributed by atoms with van der Waals surface area (Å²) in [6.07, 6.45) is 3.48. The molecule has 0 radical (unpaired) electrons. The number of nitrogens with one attached hydrogen (secondary N) is 2. The molecular formula is C11H12BrClN4OS. The number of anilines is 1. The molecule has 0 aromatic carbocycles. The van der Waals surface area contributed by atoms with Crippen molar-refractivity contribution >= 4 is 50.5 Å². The fraction of sp³-hybridized carbons (Fsp3) is 0.273. The Kier molecular flexibility index (Phi) is 4.84. The molecule has 2 heterocycles. The molecular weight excluding hydrogens is 352 g/mol. The molecule has 5 nitrogen and oxygen atoms in total. The molecule has 2 aromatic rings. The molecule has 0 unspecified atom stereocenters. The number of carbonyl (C=O) groups is 1. The first-order valence-electron chi connectivity index (χ1n) is 5.49. The second-order valence-electron chi connectivity index (χ2n) is 3.79. The van der Waals surface area contributed by atoms with Crippen molar-refractivity contribution in [3.8, 4) is 0 Å². The number of likely N-dealkylation sites (N-methyl/N-ethyl adjacent to an activating group) is 1. The monoisotopic (exact) mass is 362 g/mol. The second-order valence-corrected chi connectivity index (χ2v) is 6.38. The van der Waals surface area contributed by atoms with Crippen molar-refractivity contribution in [2.75, 3.05) is 12.4 Å². The molecule has 2 rings (SSSR count). The first kappa shape index (κ1) is 14.4. The van der Waals surface area contributed by atoms with Crippen LogP contribution in [0.2, 0.25) is 4.34 Å². The van der Waals surface area contributed by atoms with Gasteiger partial charge in [-0.05, 0) is 22.0 Å². The van der Waals surface area contributed by atoms with E-state index in [0.717, 1.165) is 19.4 Å². The summed E-state index contributed by atoms with van der Waals surface area (Å²) >= 11 is 10.9. The highest BCUT2D eigenvalue weighted by Gasteiger charge is 2.06. The highest BCUT2D eigenvalue weighted by Crippen LogP contribution is 2.32. The number of halogens is 2. The molecule has 102 valence electrons. The summed E-state index contributed by atoms with van der Waals surface area (Å²) in [4.78, 5) is 12.3. The van der Waals surface area contributed by atoms with Gasteiger partial charge in [-0.15, -0.1) is 11.3 Å². The summed E-state index contributed by atoms with van der Waals surface area (Å²) in [5.41, 5.74) is 0.865. The minimum absolute atomic E-state index is 0.0800. The second kappa shape index (κ2) is 6.40. The van der Waals surface area contributed by atoms with Crippen molar-refractivity contribution in [3.63, 3.8) is 0 Å². The zero-order chi connectivity index (χ0) is 13.8. The predicted molar refractivity (Wildman–Crippen MR) is 80.6 cm³/mol. The minimum atomic E-state index is -0.0800. The molecule has 0 aliphatic rings. The van der Waals surface area contributed by atoms with Crippen LogP contribution in [0.1, 0.15) is 4.88 Å². The van der Waals surface area contributed by atoms with E-state index in [1.165, 1.54) is 11.3 Å². The fourth-order valence-corrected chi connectivity index (χ4v) is 3.17. The molecule has 19 heavy (non-hydrogen) atoms. The third kappa shape index (κ3) is 3.95. The van der Waals surface area contributed by atoms with E-state index < -0.39 is 0 Å². The minimum Gasteiger partial charge on any atom is -0.378 e. The summed E-state index contributed by atoms with van der Waals surface area (Å²) in [5.74, 6) is -0.0800. The van der Waals surface area contributed by atoms with E-state index in [1.807, 2.05) is 6.07 Å². The summed E-state index contributed by atoms with van der Waals surface area (Å²) in [5, 5.41) is 9.88. The van der Waals surface area contributed by atoms with Crippen molar-refractivity contribution in [2.24, 2.45) is 0 Å². The van der Waals surface area contributed by atoms with Gasteiger partial charge < -0.3 is 10.6 Å². The highest BCUT2D eigenvalue weighted by molar-refractivity contribution is 9.10. The van der Waals surface area contributed by atoms with Crippen molar-refractivity contribution in [1.82, 2.24) is 15.1 Å². The summed E-state index contributed by atoms with van der Waals surface area (Å²) in [6, 6.07) is 1.98. The van der Waals surface area contributed by atoms with Gasteiger partial charge in [0.05, 0.1) is 11.9 Å². The summed E-state index contributed by atoms with van der Waals surface area (Å²) < 4.78 is 3.23. The van der Waals surface area contributed by atoms with Gasteiger partial charge in [-0.3, -0.25) is 9.48 Å². The van der Waals surface area contributed by atoms with Crippen LogP contribution in [0.5, 0.6) is 0 Å². The Hall–Kier alpha value is -1.05. The maximum Gasteiger partial charge on any atom is 0.241 e. The zero-order valence-corrected chi connectivity index (χ0v) is 13.3.